The maximum atomic E-state index is 12.3. The van der Waals surface area contributed by atoms with Crippen LogP contribution in [0.1, 0.15) is 13.8 Å². The summed E-state index contributed by atoms with van der Waals surface area (Å²) in [5.41, 5.74) is -0.542. The highest BCUT2D eigenvalue weighted by molar-refractivity contribution is 7.86. The van der Waals surface area contributed by atoms with Crippen molar-refractivity contribution in [1.82, 2.24) is 9.21 Å². The fourth-order valence-corrected chi connectivity index (χ4v) is 3.59. The zero-order valence-corrected chi connectivity index (χ0v) is 12.3. The van der Waals surface area contributed by atoms with Crippen LogP contribution < -0.4 is 5.14 Å². The van der Waals surface area contributed by atoms with Crippen molar-refractivity contribution in [1.29, 1.82) is 0 Å². The van der Waals surface area contributed by atoms with Gasteiger partial charge in [0.15, 0.2) is 0 Å². The molecule has 9 heteroatoms. The molecule has 3 N–H and O–H groups in total. The van der Waals surface area contributed by atoms with Crippen LogP contribution in [0.3, 0.4) is 0 Å². The number of hydrogen-bond acceptors (Lipinski definition) is 4. The summed E-state index contributed by atoms with van der Waals surface area (Å²) in [5.74, 6) is -2.36. The molecule has 2 rings (SSSR count). The molecule has 1 heterocycles. The first-order chi connectivity index (χ1) is 9.06. The molecule has 8 nitrogen and oxygen atoms in total. The third-order valence-electron chi connectivity index (χ3n) is 4.27. The Bertz CT molecular complexity index is 536. The SMILES string of the molecule is CC1(C)[C@H](C(=O)O)[C@@H]1C(=O)N1CCN(S(N)(=O)=O)CC1. The Morgan fingerprint density at radius 1 is 1.15 bits per heavy atom. The highest BCUT2D eigenvalue weighted by atomic mass is 32.2. The third kappa shape index (κ3) is 2.52. The van der Waals surface area contributed by atoms with Crippen molar-refractivity contribution in [2.45, 2.75) is 13.8 Å². The molecule has 114 valence electrons. The zero-order valence-electron chi connectivity index (χ0n) is 11.4. The molecule has 0 aromatic carbocycles. The van der Waals surface area contributed by atoms with Gasteiger partial charge in [0.1, 0.15) is 0 Å². The lowest BCUT2D eigenvalue weighted by Crippen LogP contribution is -2.52. The Balaban J connectivity index is 1.99. The topological polar surface area (TPSA) is 121 Å². The first-order valence-electron chi connectivity index (χ1n) is 6.36. The van der Waals surface area contributed by atoms with Gasteiger partial charge in [-0.15, -0.1) is 0 Å². The fourth-order valence-electron chi connectivity index (χ4n) is 2.92. The minimum atomic E-state index is -3.73. The van der Waals surface area contributed by atoms with Crippen molar-refractivity contribution in [3.63, 3.8) is 0 Å². The van der Waals surface area contributed by atoms with Crippen molar-refractivity contribution >= 4 is 22.1 Å². The molecule has 1 saturated heterocycles. The van der Waals surface area contributed by atoms with Crippen LogP contribution in [0.25, 0.3) is 0 Å². The van der Waals surface area contributed by atoms with Crippen LogP contribution in [0.2, 0.25) is 0 Å². The van der Waals surface area contributed by atoms with Crippen LogP contribution in [0.15, 0.2) is 0 Å². The van der Waals surface area contributed by atoms with Gasteiger partial charge in [-0.3, -0.25) is 9.59 Å². The molecular weight excluding hydrogens is 286 g/mol. The van der Waals surface area contributed by atoms with Gasteiger partial charge in [0.05, 0.1) is 11.8 Å². The molecule has 0 radical (unpaired) electrons. The molecule has 2 aliphatic rings. The van der Waals surface area contributed by atoms with Gasteiger partial charge >= 0.3 is 5.97 Å². The molecule has 0 bridgehead atoms. The molecule has 1 amide bonds. The largest absolute Gasteiger partial charge is 0.481 e. The van der Waals surface area contributed by atoms with Crippen LogP contribution in [0.4, 0.5) is 0 Å². The van der Waals surface area contributed by atoms with Gasteiger partial charge in [0, 0.05) is 26.2 Å². The van der Waals surface area contributed by atoms with E-state index < -0.39 is 33.4 Å². The highest BCUT2D eigenvalue weighted by Crippen LogP contribution is 2.59. The highest BCUT2D eigenvalue weighted by Gasteiger charge is 2.66. The lowest BCUT2D eigenvalue weighted by molar-refractivity contribution is -0.142. The second kappa shape index (κ2) is 4.68. The van der Waals surface area contributed by atoms with E-state index in [1.807, 2.05) is 0 Å². The smallest absolute Gasteiger partial charge is 0.307 e. The number of carboxylic acids is 1. The Hall–Kier alpha value is -1.19. The van der Waals surface area contributed by atoms with Gasteiger partial charge < -0.3 is 10.0 Å². The van der Waals surface area contributed by atoms with Crippen LogP contribution in [0, 0.1) is 17.3 Å². The number of amides is 1. The lowest BCUT2D eigenvalue weighted by atomic mass is 10.1. The summed E-state index contributed by atoms with van der Waals surface area (Å²) in [6, 6.07) is 0. The number of piperazine rings is 1. The van der Waals surface area contributed by atoms with Crippen LogP contribution in [-0.2, 0) is 19.8 Å². The Kier molecular flexibility index (Phi) is 3.55. The van der Waals surface area contributed by atoms with Crippen LogP contribution >= 0.6 is 0 Å². The van der Waals surface area contributed by atoms with E-state index in [-0.39, 0.29) is 32.1 Å². The average molecular weight is 305 g/mol. The molecule has 1 aliphatic carbocycles. The third-order valence-corrected chi connectivity index (χ3v) is 5.35. The van der Waals surface area contributed by atoms with Gasteiger partial charge in [-0.1, -0.05) is 13.8 Å². The molecule has 0 spiro atoms. The summed E-state index contributed by atoms with van der Waals surface area (Å²) < 4.78 is 23.5. The molecule has 0 aromatic rings. The standard InChI is InChI=1S/C11H19N3O5S/c1-11(2)7(8(11)10(16)17)9(15)13-3-5-14(6-4-13)20(12,18)19/h7-8H,3-6H2,1-2H3,(H,16,17)(H2,12,18,19)/t7-,8+/m1/s1. The van der Waals surface area contributed by atoms with E-state index in [0.717, 1.165) is 4.31 Å². The van der Waals surface area contributed by atoms with E-state index >= 15 is 0 Å². The number of carboxylic acid groups (broad SMARTS) is 1. The van der Waals surface area contributed by atoms with Crippen molar-refractivity contribution in [3.05, 3.63) is 0 Å². The molecule has 1 aliphatic heterocycles. The number of carbonyl (C=O) groups excluding carboxylic acids is 1. The molecule has 2 atom stereocenters. The van der Waals surface area contributed by atoms with Gasteiger partial charge in [-0.2, -0.15) is 12.7 Å². The summed E-state index contributed by atoms with van der Waals surface area (Å²) in [4.78, 5) is 24.9. The first kappa shape index (κ1) is 15.2. The van der Waals surface area contributed by atoms with E-state index in [1.165, 1.54) is 4.90 Å². The molecule has 0 aromatic heterocycles. The van der Waals surface area contributed by atoms with E-state index in [2.05, 4.69) is 0 Å². The number of hydrogen-bond donors (Lipinski definition) is 2. The molecular formula is C11H19N3O5S. The predicted molar refractivity (Wildman–Crippen MR) is 69.7 cm³/mol. The second-order valence-corrected chi connectivity index (χ2v) is 7.43. The Labute approximate surface area is 117 Å². The van der Waals surface area contributed by atoms with Crippen molar-refractivity contribution < 1.29 is 23.1 Å². The van der Waals surface area contributed by atoms with Gasteiger partial charge in [-0.25, -0.2) is 5.14 Å². The van der Waals surface area contributed by atoms with Gasteiger partial charge in [-0.05, 0) is 5.41 Å². The van der Waals surface area contributed by atoms with Crippen molar-refractivity contribution in [2.24, 2.45) is 22.4 Å². The molecule has 2 fully saturated rings. The Morgan fingerprint density at radius 3 is 2.00 bits per heavy atom. The number of nitrogens with zero attached hydrogens (tertiary/aromatic N) is 2. The molecule has 0 unspecified atom stereocenters. The number of rotatable bonds is 3. The minimum absolute atomic E-state index is 0.148. The normalized spacial score (nSPS) is 30.1. The molecule has 1 saturated carbocycles. The average Bonchev–Trinajstić information content (AvgIpc) is 2.90. The first-order valence-corrected chi connectivity index (χ1v) is 7.86. The zero-order chi connectivity index (χ0) is 15.3. The summed E-state index contributed by atoms with van der Waals surface area (Å²) in [6.45, 7) is 4.30. The quantitative estimate of drug-likeness (QED) is 0.670. The summed E-state index contributed by atoms with van der Waals surface area (Å²) in [7, 11) is -3.73. The van der Waals surface area contributed by atoms with Crippen LogP contribution in [0.5, 0.6) is 0 Å². The van der Waals surface area contributed by atoms with Crippen LogP contribution in [-0.4, -0.2) is 60.8 Å². The summed E-state index contributed by atoms with van der Waals surface area (Å²) >= 11 is 0. The minimum Gasteiger partial charge on any atom is -0.481 e. The van der Waals surface area contributed by atoms with Gasteiger partial charge in [0.2, 0.25) is 5.91 Å². The summed E-state index contributed by atoms with van der Waals surface area (Å²) in [5, 5.41) is 14.1. The van der Waals surface area contributed by atoms with E-state index in [9.17, 15) is 18.0 Å². The van der Waals surface area contributed by atoms with E-state index in [0.29, 0.717) is 0 Å². The molecule has 20 heavy (non-hydrogen) atoms. The number of nitrogens with two attached hydrogens (primary N) is 1. The lowest BCUT2D eigenvalue weighted by Gasteiger charge is -2.33. The van der Waals surface area contributed by atoms with E-state index in [4.69, 9.17) is 10.2 Å². The fraction of sp³-hybridized carbons (Fsp3) is 0.818. The second-order valence-electron chi connectivity index (χ2n) is 5.88. The summed E-state index contributed by atoms with van der Waals surface area (Å²) in [6.07, 6.45) is 0. The monoisotopic (exact) mass is 305 g/mol. The Morgan fingerprint density at radius 2 is 1.65 bits per heavy atom. The van der Waals surface area contributed by atoms with Crippen molar-refractivity contribution in [3.8, 4) is 0 Å². The number of aliphatic carboxylic acids is 1. The maximum absolute atomic E-state index is 12.3. The van der Waals surface area contributed by atoms with Crippen molar-refractivity contribution in [2.75, 3.05) is 26.2 Å². The predicted octanol–water partition coefficient (Wildman–Crippen LogP) is -1.31. The van der Waals surface area contributed by atoms with E-state index in [1.54, 1.807) is 13.8 Å². The maximum Gasteiger partial charge on any atom is 0.307 e. The van der Waals surface area contributed by atoms with Gasteiger partial charge in [0.25, 0.3) is 10.2 Å². The number of carbonyl (C=O) groups is 2.